The van der Waals surface area contributed by atoms with Gasteiger partial charge in [-0.3, -0.25) is 9.59 Å². The highest BCUT2D eigenvalue weighted by Crippen LogP contribution is 2.47. The zero-order chi connectivity index (χ0) is 20.1. The number of allylic oxidation sites excluding steroid dienone is 2. The number of rotatable bonds is 3. The maximum Gasteiger partial charge on any atom is 0.257 e. The van der Waals surface area contributed by atoms with E-state index in [0.29, 0.717) is 23.0 Å². The minimum absolute atomic E-state index is 0.164. The lowest BCUT2D eigenvalue weighted by Crippen LogP contribution is -2.41. The summed E-state index contributed by atoms with van der Waals surface area (Å²) in [4.78, 5) is 33.8. The molecule has 0 radical (unpaired) electrons. The van der Waals surface area contributed by atoms with Crippen LogP contribution in [0.4, 0.5) is 5.82 Å². The van der Waals surface area contributed by atoms with Gasteiger partial charge in [-0.25, -0.2) is 4.98 Å². The molecule has 4 rings (SSSR count). The predicted molar refractivity (Wildman–Crippen MR) is 113 cm³/mol. The van der Waals surface area contributed by atoms with Crippen molar-refractivity contribution >= 4 is 23.4 Å². The summed E-state index contributed by atoms with van der Waals surface area (Å²) in [7, 11) is 0. The lowest BCUT2D eigenvalue weighted by atomic mass is 9.67. The number of nitrogens with one attached hydrogen (secondary N) is 2. The van der Waals surface area contributed by atoms with Crippen LogP contribution in [0.25, 0.3) is 0 Å². The van der Waals surface area contributed by atoms with Crippen LogP contribution < -0.4 is 10.9 Å². The zero-order valence-corrected chi connectivity index (χ0v) is 17.4. The molecule has 1 aliphatic heterocycles. The minimum atomic E-state index is -0.379. The Hall–Kier alpha value is -2.34. The molecule has 0 amide bonds. The fourth-order valence-electron chi connectivity index (χ4n) is 4.26. The van der Waals surface area contributed by atoms with Crippen molar-refractivity contribution in [3.63, 3.8) is 0 Å². The molecule has 2 aliphatic rings. The average molecular weight is 396 g/mol. The summed E-state index contributed by atoms with van der Waals surface area (Å²) in [5.41, 5.74) is 3.15. The highest BCUT2D eigenvalue weighted by Gasteiger charge is 2.45. The lowest BCUT2D eigenvalue weighted by Gasteiger charge is -2.40. The number of anilines is 1. The first-order chi connectivity index (χ1) is 13.3. The predicted octanol–water partition coefficient (Wildman–Crippen LogP) is 4.25. The van der Waals surface area contributed by atoms with E-state index in [1.165, 1.54) is 11.8 Å². The number of thioether (sulfide) groups is 1. The molecule has 0 saturated carbocycles. The number of hydrogen-bond acceptors (Lipinski definition) is 5. The first-order valence-corrected chi connectivity index (χ1v) is 10.6. The van der Waals surface area contributed by atoms with Gasteiger partial charge in [-0.05, 0) is 23.7 Å². The standard InChI is InChI=1S/C22H25N3O2S/c1-5-28-21-24-19-18(20(27)25-21)16(13-8-6-12(2)7-9-13)17-14(23-19)10-22(3,4)11-15(17)26/h6-10,16-17H,5,11H2,1-4H3,(H2,23,24,25,27)/t16-,17-/m0/s1. The van der Waals surface area contributed by atoms with Gasteiger partial charge >= 0.3 is 0 Å². The van der Waals surface area contributed by atoms with Gasteiger partial charge in [0.25, 0.3) is 5.56 Å². The van der Waals surface area contributed by atoms with E-state index in [0.717, 1.165) is 22.6 Å². The Kier molecular flexibility index (Phi) is 4.70. The molecule has 2 heterocycles. The van der Waals surface area contributed by atoms with E-state index in [1.54, 1.807) is 0 Å². The van der Waals surface area contributed by atoms with E-state index in [1.807, 2.05) is 38.1 Å². The number of hydrogen-bond donors (Lipinski definition) is 2. The van der Waals surface area contributed by atoms with Crippen LogP contribution in [-0.2, 0) is 4.79 Å². The number of fused-ring (bicyclic) bond motifs is 2. The van der Waals surface area contributed by atoms with Crippen molar-refractivity contribution in [2.75, 3.05) is 11.1 Å². The van der Waals surface area contributed by atoms with Crippen molar-refractivity contribution in [3.8, 4) is 0 Å². The topological polar surface area (TPSA) is 74.8 Å². The van der Waals surface area contributed by atoms with E-state index in [2.05, 4.69) is 35.2 Å². The van der Waals surface area contributed by atoms with Crippen molar-refractivity contribution < 1.29 is 4.79 Å². The number of Topliss-reactive ketones (excluding diaryl/α,β-unsaturated/α-hetero) is 1. The lowest BCUT2D eigenvalue weighted by molar-refractivity contribution is -0.124. The first-order valence-electron chi connectivity index (χ1n) is 9.65. The second-order valence-electron chi connectivity index (χ2n) is 8.29. The second-order valence-corrected chi connectivity index (χ2v) is 9.54. The Morgan fingerprint density at radius 1 is 1.18 bits per heavy atom. The van der Waals surface area contributed by atoms with E-state index in [9.17, 15) is 9.59 Å². The summed E-state index contributed by atoms with van der Waals surface area (Å²) in [6, 6.07) is 8.10. The normalized spacial score (nSPS) is 22.7. The van der Waals surface area contributed by atoms with Gasteiger partial charge in [-0.2, -0.15) is 0 Å². The van der Waals surface area contributed by atoms with Crippen LogP contribution in [0.1, 0.15) is 49.8 Å². The van der Waals surface area contributed by atoms with Gasteiger partial charge in [-0.1, -0.05) is 68.4 Å². The number of carbonyl (C=O) groups excluding carboxylic acids is 1. The molecule has 5 nitrogen and oxygen atoms in total. The van der Waals surface area contributed by atoms with Crippen molar-refractivity contribution in [2.24, 2.45) is 11.3 Å². The molecule has 1 aromatic heterocycles. The molecule has 1 aromatic carbocycles. The summed E-state index contributed by atoms with van der Waals surface area (Å²) in [6.07, 6.45) is 2.61. The van der Waals surface area contributed by atoms with Gasteiger partial charge in [-0.15, -0.1) is 0 Å². The van der Waals surface area contributed by atoms with Crippen LogP contribution in [0.3, 0.4) is 0 Å². The minimum Gasteiger partial charge on any atom is -0.343 e. The van der Waals surface area contributed by atoms with E-state index in [4.69, 9.17) is 0 Å². The Morgan fingerprint density at radius 3 is 2.57 bits per heavy atom. The number of aromatic amines is 1. The second kappa shape index (κ2) is 6.92. The third kappa shape index (κ3) is 3.30. The molecule has 146 valence electrons. The molecule has 0 unspecified atom stereocenters. The Morgan fingerprint density at radius 2 is 1.89 bits per heavy atom. The number of aromatic nitrogens is 2. The molecule has 0 saturated heterocycles. The van der Waals surface area contributed by atoms with Crippen LogP contribution in [0.2, 0.25) is 0 Å². The van der Waals surface area contributed by atoms with E-state index >= 15 is 0 Å². The van der Waals surface area contributed by atoms with Gasteiger partial charge < -0.3 is 10.3 Å². The van der Waals surface area contributed by atoms with E-state index < -0.39 is 0 Å². The SMILES string of the molecule is CCSc1nc2c(c(=O)[nH]1)[C@@H](c1ccc(C)cc1)[C@@H]1C(=O)CC(C)(C)C=C1N2. The maximum atomic E-state index is 13.2. The van der Waals surface area contributed by atoms with Crippen molar-refractivity contribution in [2.45, 2.75) is 45.2 Å². The van der Waals surface area contributed by atoms with Crippen LogP contribution in [0.15, 0.2) is 46.0 Å². The van der Waals surface area contributed by atoms with Gasteiger partial charge in [0, 0.05) is 18.0 Å². The van der Waals surface area contributed by atoms with Crippen LogP contribution in [-0.4, -0.2) is 21.5 Å². The summed E-state index contributed by atoms with van der Waals surface area (Å²) >= 11 is 1.50. The summed E-state index contributed by atoms with van der Waals surface area (Å²) < 4.78 is 0. The molecule has 1 aliphatic carbocycles. The average Bonchev–Trinajstić information content (AvgIpc) is 2.60. The smallest absolute Gasteiger partial charge is 0.257 e. The van der Waals surface area contributed by atoms with Gasteiger partial charge in [0.2, 0.25) is 0 Å². The third-order valence-corrected chi connectivity index (χ3v) is 6.17. The van der Waals surface area contributed by atoms with Crippen LogP contribution in [0.5, 0.6) is 0 Å². The highest BCUT2D eigenvalue weighted by molar-refractivity contribution is 7.99. The summed E-state index contributed by atoms with van der Waals surface area (Å²) in [6.45, 7) is 8.18. The first kappa shape index (κ1) is 19.0. The molecule has 2 atom stereocenters. The van der Waals surface area contributed by atoms with Crippen molar-refractivity contribution in [1.29, 1.82) is 0 Å². The van der Waals surface area contributed by atoms with Gasteiger partial charge in [0.15, 0.2) is 5.16 Å². The molecule has 6 heteroatoms. The molecular weight excluding hydrogens is 370 g/mol. The number of aryl methyl sites for hydroxylation is 1. The quantitative estimate of drug-likeness (QED) is 0.600. The monoisotopic (exact) mass is 395 g/mol. The van der Waals surface area contributed by atoms with Gasteiger partial charge in [0.05, 0.1) is 11.5 Å². The summed E-state index contributed by atoms with van der Waals surface area (Å²) in [5, 5.41) is 3.93. The van der Waals surface area contributed by atoms with Gasteiger partial charge in [0.1, 0.15) is 11.6 Å². The number of benzene rings is 1. The number of nitrogens with zero attached hydrogens (tertiary/aromatic N) is 1. The molecular formula is C22H25N3O2S. The largest absolute Gasteiger partial charge is 0.343 e. The van der Waals surface area contributed by atoms with Crippen LogP contribution in [0, 0.1) is 18.3 Å². The van der Waals surface area contributed by atoms with Crippen molar-refractivity contribution in [1.82, 2.24) is 9.97 Å². The molecule has 0 fully saturated rings. The number of carbonyl (C=O) groups is 1. The molecule has 0 bridgehead atoms. The Balaban J connectivity index is 1.95. The van der Waals surface area contributed by atoms with E-state index in [-0.39, 0.29) is 28.6 Å². The summed E-state index contributed by atoms with van der Waals surface area (Å²) in [5.74, 6) is 0.843. The maximum absolute atomic E-state index is 13.2. The molecule has 28 heavy (non-hydrogen) atoms. The third-order valence-electron chi connectivity index (χ3n) is 5.42. The zero-order valence-electron chi connectivity index (χ0n) is 16.6. The Labute approximate surface area is 169 Å². The van der Waals surface area contributed by atoms with Crippen LogP contribution >= 0.6 is 11.8 Å². The fraction of sp³-hybridized carbons (Fsp3) is 0.409. The molecule has 0 spiro atoms. The Bertz CT molecular complexity index is 1020. The number of ketones is 1. The van der Waals surface area contributed by atoms with Crippen molar-refractivity contribution in [3.05, 3.63) is 63.1 Å². The fourth-order valence-corrected chi connectivity index (χ4v) is 4.85. The number of H-pyrrole nitrogens is 1. The molecule has 2 aromatic rings. The molecule has 2 N–H and O–H groups in total. The highest BCUT2D eigenvalue weighted by atomic mass is 32.2.